The van der Waals surface area contributed by atoms with Crippen LogP contribution in [0, 0.1) is 0 Å². The number of nitrogens with zero attached hydrogens (tertiary/aromatic N) is 4. The van der Waals surface area contributed by atoms with Gasteiger partial charge in [-0.1, -0.05) is 17.3 Å². The van der Waals surface area contributed by atoms with E-state index in [0.717, 1.165) is 64.5 Å². The van der Waals surface area contributed by atoms with Gasteiger partial charge in [-0.25, -0.2) is 4.68 Å². The molecule has 3 heterocycles. The molecule has 2 aliphatic heterocycles. The summed E-state index contributed by atoms with van der Waals surface area (Å²) in [5, 5.41) is 14.4. The van der Waals surface area contributed by atoms with E-state index in [1.807, 2.05) is 16.8 Å². The van der Waals surface area contributed by atoms with E-state index < -0.39 is 0 Å². The van der Waals surface area contributed by atoms with Crippen molar-refractivity contribution in [3.63, 3.8) is 0 Å². The molecule has 0 spiro atoms. The van der Waals surface area contributed by atoms with Crippen molar-refractivity contribution in [3.8, 4) is 0 Å². The molecule has 1 aromatic carbocycles. The van der Waals surface area contributed by atoms with Crippen LogP contribution in [-0.2, 0) is 11.3 Å². The van der Waals surface area contributed by atoms with Gasteiger partial charge in [-0.05, 0) is 43.6 Å². The summed E-state index contributed by atoms with van der Waals surface area (Å²) in [6, 6.07) is 8.30. The Bertz CT molecular complexity index is 748. The largest absolute Gasteiger partial charge is 0.379 e. The van der Waals surface area contributed by atoms with Crippen LogP contribution in [0.2, 0.25) is 0 Å². The first-order valence-corrected chi connectivity index (χ1v) is 9.61. The van der Waals surface area contributed by atoms with E-state index in [0.29, 0.717) is 11.7 Å². The molecular weight excluding hydrogens is 344 g/mol. The van der Waals surface area contributed by atoms with Crippen molar-refractivity contribution in [3.05, 3.63) is 41.7 Å². The van der Waals surface area contributed by atoms with E-state index in [1.165, 1.54) is 5.56 Å². The fourth-order valence-corrected chi connectivity index (χ4v) is 3.54. The Kier molecular flexibility index (Phi) is 5.76. The van der Waals surface area contributed by atoms with Crippen LogP contribution in [-0.4, -0.2) is 65.2 Å². The van der Waals surface area contributed by atoms with Crippen LogP contribution < -0.4 is 10.6 Å². The Morgan fingerprint density at radius 3 is 2.67 bits per heavy atom. The van der Waals surface area contributed by atoms with E-state index in [1.54, 1.807) is 6.20 Å². The third kappa shape index (κ3) is 4.71. The molecule has 2 N–H and O–H groups in total. The number of hydrogen-bond acceptors (Lipinski definition) is 6. The van der Waals surface area contributed by atoms with Crippen LogP contribution in [0.15, 0.2) is 30.5 Å². The molecule has 0 aliphatic carbocycles. The number of aromatic nitrogens is 3. The number of morpholine rings is 1. The number of hydrogen-bond donors (Lipinski definition) is 2. The van der Waals surface area contributed by atoms with Gasteiger partial charge in [0.15, 0.2) is 5.69 Å². The van der Waals surface area contributed by atoms with Gasteiger partial charge >= 0.3 is 0 Å². The fourth-order valence-electron chi connectivity index (χ4n) is 3.54. The second-order valence-corrected chi connectivity index (χ2v) is 7.10. The lowest BCUT2D eigenvalue weighted by Crippen LogP contribution is -2.35. The minimum absolute atomic E-state index is 0.226. The summed E-state index contributed by atoms with van der Waals surface area (Å²) in [5.74, 6) is -0.226. The summed E-state index contributed by atoms with van der Waals surface area (Å²) in [7, 11) is 0. The number of nitrogens with one attached hydrogen (secondary N) is 2. The Morgan fingerprint density at radius 2 is 1.93 bits per heavy atom. The fraction of sp³-hybridized carbons (Fsp3) is 0.526. The second-order valence-electron chi connectivity index (χ2n) is 7.10. The van der Waals surface area contributed by atoms with Crippen molar-refractivity contribution >= 4 is 11.6 Å². The molecule has 0 atom stereocenters. The molecule has 0 unspecified atom stereocenters. The summed E-state index contributed by atoms with van der Waals surface area (Å²) in [6.45, 7) is 6.38. The lowest BCUT2D eigenvalue weighted by atomic mass is 10.1. The Balaban J connectivity index is 1.33. The molecule has 1 amide bonds. The standard InChI is InChI=1S/C19H26N6O2/c26-19(18-14-25(23-22-18)17-5-7-20-8-6-17)21-16-3-1-15(2-4-16)13-24-9-11-27-12-10-24/h1-4,14,17,20H,5-13H2,(H,21,26). The number of ether oxygens (including phenoxy) is 1. The zero-order valence-electron chi connectivity index (χ0n) is 15.4. The van der Waals surface area contributed by atoms with Crippen LogP contribution in [0.3, 0.4) is 0 Å². The summed E-state index contributed by atoms with van der Waals surface area (Å²) >= 11 is 0. The quantitative estimate of drug-likeness (QED) is 0.825. The Labute approximate surface area is 158 Å². The third-order valence-corrected chi connectivity index (χ3v) is 5.15. The molecule has 0 saturated carbocycles. The molecule has 2 aliphatic rings. The molecule has 4 rings (SSSR count). The highest BCUT2D eigenvalue weighted by molar-refractivity contribution is 6.02. The van der Waals surface area contributed by atoms with Crippen LogP contribution in [0.1, 0.15) is 34.9 Å². The van der Waals surface area contributed by atoms with E-state index in [-0.39, 0.29) is 5.91 Å². The van der Waals surface area contributed by atoms with Crippen molar-refractivity contribution in [1.29, 1.82) is 0 Å². The predicted octanol–water partition coefficient (Wildman–Crippen LogP) is 1.29. The molecule has 2 saturated heterocycles. The van der Waals surface area contributed by atoms with Crippen molar-refractivity contribution in [1.82, 2.24) is 25.2 Å². The number of carbonyl (C=O) groups is 1. The minimum Gasteiger partial charge on any atom is -0.379 e. The number of anilines is 1. The van der Waals surface area contributed by atoms with Gasteiger partial charge in [-0.15, -0.1) is 5.10 Å². The second kappa shape index (κ2) is 8.60. The highest BCUT2D eigenvalue weighted by Crippen LogP contribution is 2.18. The number of benzene rings is 1. The van der Waals surface area contributed by atoms with Gasteiger partial charge < -0.3 is 15.4 Å². The average Bonchev–Trinajstić information content (AvgIpc) is 3.21. The molecule has 8 nitrogen and oxygen atoms in total. The van der Waals surface area contributed by atoms with Crippen molar-refractivity contribution in [2.75, 3.05) is 44.7 Å². The molecular formula is C19H26N6O2. The van der Waals surface area contributed by atoms with E-state index in [2.05, 4.69) is 38.0 Å². The van der Waals surface area contributed by atoms with E-state index >= 15 is 0 Å². The van der Waals surface area contributed by atoms with E-state index in [9.17, 15) is 4.79 Å². The lowest BCUT2D eigenvalue weighted by molar-refractivity contribution is 0.0342. The van der Waals surface area contributed by atoms with Gasteiger partial charge in [0, 0.05) is 25.3 Å². The zero-order chi connectivity index (χ0) is 18.5. The van der Waals surface area contributed by atoms with Crippen LogP contribution in [0.4, 0.5) is 5.69 Å². The Morgan fingerprint density at radius 1 is 1.19 bits per heavy atom. The van der Waals surface area contributed by atoms with Gasteiger partial charge in [0.05, 0.1) is 25.5 Å². The molecule has 0 radical (unpaired) electrons. The summed E-state index contributed by atoms with van der Waals surface area (Å²) in [6.07, 6.45) is 3.77. The molecule has 8 heteroatoms. The minimum atomic E-state index is -0.226. The highest BCUT2D eigenvalue weighted by Gasteiger charge is 2.19. The summed E-state index contributed by atoms with van der Waals surface area (Å²) in [5.41, 5.74) is 2.35. The first kappa shape index (κ1) is 18.1. The Hall–Kier alpha value is -2.29. The van der Waals surface area contributed by atoms with Gasteiger partial charge in [0.1, 0.15) is 0 Å². The maximum Gasteiger partial charge on any atom is 0.277 e. The molecule has 2 fully saturated rings. The predicted molar refractivity (Wildman–Crippen MR) is 102 cm³/mol. The zero-order valence-corrected chi connectivity index (χ0v) is 15.4. The number of carbonyl (C=O) groups excluding carboxylic acids is 1. The summed E-state index contributed by atoms with van der Waals surface area (Å²) < 4.78 is 7.20. The topological polar surface area (TPSA) is 84.3 Å². The number of amides is 1. The van der Waals surface area contributed by atoms with Gasteiger partial charge in [-0.2, -0.15) is 0 Å². The normalized spacial score (nSPS) is 19.1. The smallest absolute Gasteiger partial charge is 0.277 e. The summed E-state index contributed by atoms with van der Waals surface area (Å²) in [4.78, 5) is 14.8. The highest BCUT2D eigenvalue weighted by atomic mass is 16.5. The molecule has 1 aromatic heterocycles. The van der Waals surface area contributed by atoms with Gasteiger partial charge in [-0.3, -0.25) is 9.69 Å². The first-order chi connectivity index (χ1) is 13.3. The first-order valence-electron chi connectivity index (χ1n) is 9.61. The van der Waals surface area contributed by atoms with Gasteiger partial charge in [0.25, 0.3) is 5.91 Å². The van der Waals surface area contributed by atoms with Crippen LogP contribution in [0.25, 0.3) is 0 Å². The maximum atomic E-state index is 12.5. The van der Waals surface area contributed by atoms with Crippen LogP contribution in [0.5, 0.6) is 0 Å². The number of rotatable bonds is 5. The molecule has 0 bridgehead atoms. The molecule has 144 valence electrons. The monoisotopic (exact) mass is 370 g/mol. The third-order valence-electron chi connectivity index (χ3n) is 5.15. The van der Waals surface area contributed by atoms with E-state index in [4.69, 9.17) is 4.74 Å². The van der Waals surface area contributed by atoms with Gasteiger partial charge in [0.2, 0.25) is 0 Å². The van der Waals surface area contributed by atoms with Crippen LogP contribution >= 0.6 is 0 Å². The van der Waals surface area contributed by atoms with Crippen molar-refractivity contribution in [2.45, 2.75) is 25.4 Å². The lowest BCUT2D eigenvalue weighted by Gasteiger charge is -2.26. The van der Waals surface area contributed by atoms with Crippen molar-refractivity contribution < 1.29 is 9.53 Å². The molecule has 2 aromatic rings. The maximum absolute atomic E-state index is 12.5. The average molecular weight is 370 g/mol. The SMILES string of the molecule is O=C(Nc1ccc(CN2CCOCC2)cc1)c1cn(C2CCNCC2)nn1. The molecule has 27 heavy (non-hydrogen) atoms. The number of piperidine rings is 1. The van der Waals surface area contributed by atoms with Crippen molar-refractivity contribution in [2.24, 2.45) is 0 Å².